The third-order valence-electron chi connectivity index (χ3n) is 4.73. The summed E-state index contributed by atoms with van der Waals surface area (Å²) >= 11 is 0. The maximum absolute atomic E-state index is 14.0. The van der Waals surface area contributed by atoms with Gasteiger partial charge in [0.2, 0.25) is 5.95 Å². The molecule has 0 spiro atoms. The van der Waals surface area contributed by atoms with Gasteiger partial charge in [0, 0.05) is 37.8 Å². The first-order valence-electron chi connectivity index (χ1n) is 9.04. The van der Waals surface area contributed by atoms with Crippen molar-refractivity contribution < 1.29 is 9.13 Å². The fourth-order valence-electron chi connectivity index (χ4n) is 3.30. The van der Waals surface area contributed by atoms with E-state index < -0.39 is 5.82 Å². The van der Waals surface area contributed by atoms with Gasteiger partial charge in [-0.1, -0.05) is 0 Å². The molecule has 0 fully saturated rings. The van der Waals surface area contributed by atoms with Crippen LogP contribution in [0.25, 0.3) is 5.69 Å². The number of halogens is 1. The van der Waals surface area contributed by atoms with Crippen LogP contribution >= 0.6 is 0 Å². The van der Waals surface area contributed by atoms with Crippen molar-refractivity contribution in [3.8, 4) is 11.4 Å². The number of benzene rings is 1. The molecule has 0 saturated heterocycles. The molecule has 0 atom stereocenters. The third-order valence-corrected chi connectivity index (χ3v) is 4.73. The number of anilines is 3. The van der Waals surface area contributed by atoms with Gasteiger partial charge in [0.15, 0.2) is 11.6 Å². The number of hydrogen-bond acceptors (Lipinski definition) is 7. The fourth-order valence-corrected chi connectivity index (χ4v) is 3.30. The molecule has 8 nitrogen and oxygen atoms in total. The van der Waals surface area contributed by atoms with E-state index in [2.05, 4.69) is 31.0 Å². The zero-order valence-electron chi connectivity index (χ0n) is 16.0. The molecule has 9 heteroatoms. The van der Waals surface area contributed by atoms with Crippen LogP contribution in [0, 0.1) is 12.7 Å². The van der Waals surface area contributed by atoms with Crippen LogP contribution in [0.5, 0.6) is 5.75 Å². The highest BCUT2D eigenvalue weighted by Gasteiger charge is 2.19. The molecule has 3 aromatic rings. The van der Waals surface area contributed by atoms with Crippen LogP contribution in [0.2, 0.25) is 0 Å². The predicted molar refractivity (Wildman–Crippen MR) is 105 cm³/mol. The zero-order chi connectivity index (χ0) is 19.7. The van der Waals surface area contributed by atoms with Gasteiger partial charge in [0.1, 0.15) is 11.4 Å². The van der Waals surface area contributed by atoms with Crippen molar-refractivity contribution in [3.63, 3.8) is 0 Å². The summed E-state index contributed by atoms with van der Waals surface area (Å²) in [5.74, 6) is 0.714. The summed E-state index contributed by atoms with van der Waals surface area (Å²) in [4.78, 5) is 8.36. The van der Waals surface area contributed by atoms with Gasteiger partial charge in [-0.25, -0.2) is 14.1 Å². The molecule has 1 aliphatic rings. The Bertz CT molecular complexity index is 1020. The van der Waals surface area contributed by atoms with Gasteiger partial charge in [0.05, 0.1) is 24.7 Å². The van der Waals surface area contributed by atoms with Crippen LogP contribution < -0.4 is 20.7 Å². The van der Waals surface area contributed by atoms with Crippen LogP contribution in [0.3, 0.4) is 0 Å². The molecular formula is C19H22FN7O. The number of ether oxygens (including phenoxy) is 1. The normalized spacial score (nSPS) is 13.1. The minimum Gasteiger partial charge on any atom is -0.494 e. The van der Waals surface area contributed by atoms with Crippen molar-refractivity contribution in [1.29, 1.82) is 0 Å². The van der Waals surface area contributed by atoms with E-state index in [4.69, 9.17) is 4.74 Å². The van der Waals surface area contributed by atoms with Crippen molar-refractivity contribution in [3.05, 3.63) is 47.2 Å². The molecule has 0 aliphatic carbocycles. The lowest BCUT2D eigenvalue weighted by molar-refractivity contribution is 0.411. The number of hydrogen-bond donors (Lipinski definition) is 3. The molecule has 0 amide bonds. The predicted octanol–water partition coefficient (Wildman–Crippen LogP) is 2.55. The second-order valence-corrected chi connectivity index (χ2v) is 6.51. The van der Waals surface area contributed by atoms with Gasteiger partial charge in [-0.05, 0) is 25.1 Å². The summed E-state index contributed by atoms with van der Waals surface area (Å²) < 4.78 is 21.4. The number of aryl methyl sites for hydroxylation is 1. The molecule has 1 aromatic carbocycles. The van der Waals surface area contributed by atoms with E-state index in [0.29, 0.717) is 11.7 Å². The number of rotatable bonds is 5. The topological polar surface area (TPSA) is 88.9 Å². The summed E-state index contributed by atoms with van der Waals surface area (Å²) in [5.41, 5.74) is 4.19. The summed E-state index contributed by atoms with van der Waals surface area (Å²) in [6.45, 7) is 3.33. The number of fused-ring (bicyclic) bond motifs is 1. The van der Waals surface area contributed by atoms with Crippen molar-refractivity contribution in [2.24, 2.45) is 0 Å². The second kappa shape index (κ2) is 7.43. The van der Waals surface area contributed by atoms with E-state index in [1.807, 2.05) is 29.1 Å². The first-order valence-corrected chi connectivity index (χ1v) is 9.04. The lowest BCUT2D eigenvalue weighted by Crippen LogP contribution is -2.24. The minimum absolute atomic E-state index is 0.150. The Labute approximate surface area is 162 Å². The molecule has 2 aromatic heterocycles. The van der Waals surface area contributed by atoms with Crippen LogP contribution in [0.15, 0.2) is 24.4 Å². The lowest BCUT2D eigenvalue weighted by atomic mass is 10.1. The Morgan fingerprint density at radius 3 is 2.93 bits per heavy atom. The quantitative estimate of drug-likeness (QED) is 0.624. The van der Waals surface area contributed by atoms with Crippen molar-refractivity contribution >= 4 is 17.5 Å². The smallest absolute Gasteiger partial charge is 0.229 e. The van der Waals surface area contributed by atoms with Crippen molar-refractivity contribution in [2.45, 2.75) is 19.9 Å². The molecule has 4 rings (SSSR count). The number of methoxy groups -OCH3 is 1. The SMILES string of the molecule is CNc1nc(Nc2ccc(OC)c(-n3ncc4c3CCNC4)c2)nc(C)c1F. The molecule has 0 radical (unpaired) electrons. The van der Waals surface area contributed by atoms with Crippen LogP contribution in [0.4, 0.5) is 21.8 Å². The molecule has 0 saturated carbocycles. The van der Waals surface area contributed by atoms with Crippen molar-refractivity contribution in [2.75, 3.05) is 31.3 Å². The Morgan fingerprint density at radius 1 is 1.29 bits per heavy atom. The van der Waals surface area contributed by atoms with Crippen molar-refractivity contribution in [1.82, 2.24) is 25.1 Å². The zero-order valence-corrected chi connectivity index (χ0v) is 16.0. The maximum Gasteiger partial charge on any atom is 0.229 e. The molecule has 0 bridgehead atoms. The third kappa shape index (κ3) is 3.24. The highest BCUT2D eigenvalue weighted by molar-refractivity contribution is 5.63. The fraction of sp³-hybridized carbons (Fsp3) is 0.316. The largest absolute Gasteiger partial charge is 0.494 e. The van der Waals surface area contributed by atoms with Gasteiger partial charge in [-0.3, -0.25) is 0 Å². The molecular weight excluding hydrogens is 361 g/mol. The van der Waals surface area contributed by atoms with E-state index >= 15 is 0 Å². The van der Waals surface area contributed by atoms with E-state index in [-0.39, 0.29) is 11.5 Å². The summed E-state index contributed by atoms with van der Waals surface area (Å²) in [7, 11) is 3.25. The lowest BCUT2D eigenvalue weighted by Gasteiger charge is -2.17. The minimum atomic E-state index is -0.458. The van der Waals surface area contributed by atoms with Gasteiger partial charge < -0.3 is 20.7 Å². The molecule has 3 heterocycles. The monoisotopic (exact) mass is 383 g/mol. The van der Waals surface area contributed by atoms with E-state index in [0.717, 1.165) is 30.9 Å². The van der Waals surface area contributed by atoms with Gasteiger partial charge in [0.25, 0.3) is 0 Å². The second-order valence-electron chi connectivity index (χ2n) is 6.51. The Kier molecular flexibility index (Phi) is 4.82. The van der Waals surface area contributed by atoms with Crippen LogP contribution in [0.1, 0.15) is 17.0 Å². The number of nitrogens with one attached hydrogen (secondary N) is 3. The molecule has 146 valence electrons. The van der Waals surface area contributed by atoms with E-state index in [1.54, 1.807) is 21.1 Å². The first-order chi connectivity index (χ1) is 13.6. The maximum atomic E-state index is 14.0. The van der Waals surface area contributed by atoms with E-state index in [1.165, 1.54) is 11.3 Å². The first kappa shape index (κ1) is 18.2. The van der Waals surface area contributed by atoms with Crippen LogP contribution in [-0.4, -0.2) is 40.5 Å². The average Bonchev–Trinajstić information content (AvgIpc) is 3.14. The highest BCUT2D eigenvalue weighted by Crippen LogP contribution is 2.30. The molecule has 3 N–H and O–H groups in total. The van der Waals surface area contributed by atoms with Gasteiger partial charge in [-0.2, -0.15) is 10.1 Å². The summed E-state index contributed by atoms with van der Waals surface area (Å²) in [6.07, 6.45) is 2.77. The number of nitrogens with zero attached hydrogens (tertiary/aromatic N) is 4. The number of aromatic nitrogens is 4. The average molecular weight is 383 g/mol. The highest BCUT2D eigenvalue weighted by atomic mass is 19.1. The van der Waals surface area contributed by atoms with Gasteiger partial charge in [-0.15, -0.1) is 0 Å². The summed E-state index contributed by atoms with van der Waals surface area (Å²) in [5, 5.41) is 13.8. The Morgan fingerprint density at radius 2 is 2.14 bits per heavy atom. The van der Waals surface area contributed by atoms with Crippen LogP contribution in [-0.2, 0) is 13.0 Å². The van der Waals surface area contributed by atoms with Gasteiger partial charge >= 0.3 is 0 Å². The summed E-state index contributed by atoms with van der Waals surface area (Å²) in [6, 6.07) is 5.65. The standard InChI is InChI=1S/C19H22FN7O/c1-11-17(20)18(21-2)26-19(24-11)25-13-4-5-16(28-3)15(8-13)27-14-6-7-22-9-12(14)10-23-27/h4-5,8,10,22H,6-7,9H2,1-3H3,(H2,21,24,25,26). The molecule has 1 aliphatic heterocycles. The Hall–Kier alpha value is -3.20. The van der Waals surface area contributed by atoms with E-state index in [9.17, 15) is 4.39 Å². The molecule has 0 unspecified atom stereocenters. The Balaban J connectivity index is 1.72. The molecule has 28 heavy (non-hydrogen) atoms.